The van der Waals surface area contributed by atoms with E-state index in [4.69, 9.17) is 11.6 Å². The molecule has 0 aromatic carbocycles. The second kappa shape index (κ2) is 6.07. The molecular formula is C6H5ClNNaO2S. The van der Waals surface area contributed by atoms with Crippen LogP contribution in [-0.4, -0.2) is 13.7 Å². The first kappa shape index (κ1) is 12.6. The summed E-state index contributed by atoms with van der Waals surface area (Å²) in [5.41, 5.74) is 0.641. The van der Waals surface area contributed by atoms with Crippen LogP contribution in [0.3, 0.4) is 0 Å². The summed E-state index contributed by atoms with van der Waals surface area (Å²) >= 11 is 3.43. The van der Waals surface area contributed by atoms with Gasteiger partial charge in [0.05, 0.1) is 0 Å². The van der Waals surface area contributed by atoms with Crippen molar-refractivity contribution in [3.63, 3.8) is 0 Å². The number of hydrogen-bond donors (Lipinski definition) is 0. The van der Waals surface area contributed by atoms with Crippen LogP contribution in [0.5, 0.6) is 0 Å². The Morgan fingerprint density at radius 1 is 1.58 bits per heavy atom. The normalized spacial score (nSPS) is 11.8. The van der Waals surface area contributed by atoms with Gasteiger partial charge >= 0.3 is 29.6 Å². The van der Waals surface area contributed by atoms with Crippen molar-refractivity contribution in [2.75, 3.05) is 0 Å². The number of nitrogens with zero attached hydrogens (tertiary/aromatic N) is 1. The average Bonchev–Trinajstić information content (AvgIpc) is 1.93. The Kier molecular flexibility index (Phi) is 6.35. The maximum atomic E-state index is 10.2. The molecule has 1 atom stereocenters. The molecule has 0 bridgehead atoms. The fourth-order valence-corrected chi connectivity index (χ4v) is 1.18. The number of pyridine rings is 1. The number of hydrogen-bond acceptors (Lipinski definition) is 3. The van der Waals surface area contributed by atoms with Crippen LogP contribution < -0.4 is 29.6 Å². The molecule has 0 saturated carbocycles. The molecule has 0 spiro atoms. The molecule has 12 heavy (non-hydrogen) atoms. The zero-order chi connectivity index (χ0) is 8.27. The number of rotatable bonds is 2. The van der Waals surface area contributed by atoms with Gasteiger partial charge in [0.1, 0.15) is 5.15 Å². The Morgan fingerprint density at radius 3 is 2.67 bits per heavy atom. The Hall–Kier alpha value is 0.550. The first-order chi connectivity index (χ1) is 5.18. The van der Waals surface area contributed by atoms with Gasteiger partial charge in [-0.05, 0) is 11.6 Å². The van der Waals surface area contributed by atoms with Gasteiger partial charge in [0.15, 0.2) is 0 Å². The van der Waals surface area contributed by atoms with Gasteiger partial charge in [0.2, 0.25) is 0 Å². The molecule has 6 heteroatoms. The van der Waals surface area contributed by atoms with Crippen LogP contribution >= 0.6 is 11.6 Å². The van der Waals surface area contributed by atoms with Crippen molar-refractivity contribution >= 4 is 22.7 Å². The van der Waals surface area contributed by atoms with Gasteiger partial charge < -0.3 is 4.55 Å². The number of halogens is 1. The van der Waals surface area contributed by atoms with Crippen LogP contribution in [0, 0.1) is 0 Å². The van der Waals surface area contributed by atoms with E-state index in [1.807, 2.05) is 0 Å². The predicted molar refractivity (Wildman–Crippen MR) is 41.9 cm³/mol. The SMILES string of the molecule is O=S([O-])Cc1ccc(Cl)nc1.[Na+]. The third-order valence-corrected chi connectivity index (χ3v) is 1.87. The molecule has 0 aliphatic heterocycles. The van der Waals surface area contributed by atoms with Crippen molar-refractivity contribution < 1.29 is 38.3 Å². The molecule has 1 aromatic rings. The van der Waals surface area contributed by atoms with Gasteiger partial charge in [0, 0.05) is 11.9 Å². The van der Waals surface area contributed by atoms with Gasteiger partial charge in [-0.3, -0.25) is 4.21 Å². The summed E-state index contributed by atoms with van der Waals surface area (Å²) in [6, 6.07) is 3.19. The van der Waals surface area contributed by atoms with E-state index in [0.717, 1.165) is 0 Å². The van der Waals surface area contributed by atoms with E-state index < -0.39 is 11.1 Å². The van der Waals surface area contributed by atoms with Gasteiger partial charge in [-0.1, -0.05) is 28.7 Å². The molecule has 1 aromatic heterocycles. The molecule has 0 aliphatic carbocycles. The van der Waals surface area contributed by atoms with Gasteiger partial charge in [-0.2, -0.15) is 0 Å². The molecular weight excluding hydrogens is 209 g/mol. The first-order valence-electron chi connectivity index (χ1n) is 2.85. The quantitative estimate of drug-likeness (QED) is 0.328. The standard InChI is InChI=1S/C6H6ClNO2S.Na/c7-6-2-1-5(3-8-6)4-11(9)10;/h1-3H,4H2,(H,9,10);/q;+1/p-1. The van der Waals surface area contributed by atoms with E-state index in [1.54, 1.807) is 12.1 Å². The van der Waals surface area contributed by atoms with E-state index in [2.05, 4.69) is 4.98 Å². The minimum atomic E-state index is -2.06. The van der Waals surface area contributed by atoms with E-state index in [-0.39, 0.29) is 35.3 Å². The van der Waals surface area contributed by atoms with Crippen molar-refractivity contribution in [1.82, 2.24) is 4.98 Å². The second-order valence-corrected chi connectivity index (χ2v) is 3.22. The van der Waals surface area contributed by atoms with Crippen LogP contribution in [0.25, 0.3) is 0 Å². The molecule has 0 saturated heterocycles. The average molecular weight is 214 g/mol. The molecule has 0 aliphatic rings. The smallest absolute Gasteiger partial charge is 0.772 e. The van der Waals surface area contributed by atoms with Crippen molar-refractivity contribution in [3.05, 3.63) is 29.0 Å². The minimum Gasteiger partial charge on any atom is -0.772 e. The summed E-state index contributed by atoms with van der Waals surface area (Å²) in [6.07, 6.45) is 1.44. The Bertz CT molecular complexity index is 267. The van der Waals surface area contributed by atoms with E-state index in [1.165, 1.54) is 6.20 Å². The summed E-state index contributed by atoms with van der Waals surface area (Å²) in [6.45, 7) is 0. The molecule has 1 heterocycles. The zero-order valence-corrected chi connectivity index (χ0v) is 10.1. The summed E-state index contributed by atoms with van der Waals surface area (Å²) in [5.74, 6) is -0.00975. The van der Waals surface area contributed by atoms with Crippen LogP contribution in [0.1, 0.15) is 5.56 Å². The maximum absolute atomic E-state index is 10.2. The van der Waals surface area contributed by atoms with Crippen molar-refractivity contribution in [1.29, 1.82) is 0 Å². The fraction of sp³-hybridized carbons (Fsp3) is 0.167. The number of aromatic nitrogens is 1. The van der Waals surface area contributed by atoms with Crippen LogP contribution in [0.15, 0.2) is 18.3 Å². The first-order valence-corrected chi connectivity index (χ1v) is 4.47. The van der Waals surface area contributed by atoms with E-state index in [9.17, 15) is 8.76 Å². The van der Waals surface area contributed by atoms with Gasteiger partial charge in [-0.25, -0.2) is 4.98 Å². The summed E-state index contributed by atoms with van der Waals surface area (Å²) < 4.78 is 20.4. The van der Waals surface area contributed by atoms with Gasteiger partial charge in [0.25, 0.3) is 0 Å². The Labute approximate surface area is 100 Å². The van der Waals surface area contributed by atoms with Crippen LogP contribution in [0.4, 0.5) is 0 Å². The summed E-state index contributed by atoms with van der Waals surface area (Å²) in [4.78, 5) is 3.72. The van der Waals surface area contributed by atoms with E-state index in [0.29, 0.717) is 10.7 Å². The maximum Gasteiger partial charge on any atom is 1.00 e. The summed E-state index contributed by atoms with van der Waals surface area (Å²) in [7, 11) is 0. The second-order valence-electron chi connectivity index (χ2n) is 1.94. The topological polar surface area (TPSA) is 53.0 Å². The van der Waals surface area contributed by atoms with Crippen molar-refractivity contribution in [3.8, 4) is 0 Å². The third kappa shape index (κ3) is 4.54. The molecule has 1 unspecified atom stereocenters. The van der Waals surface area contributed by atoms with Gasteiger partial charge in [-0.15, -0.1) is 0 Å². The van der Waals surface area contributed by atoms with Crippen LogP contribution in [0.2, 0.25) is 5.15 Å². The largest absolute Gasteiger partial charge is 1.00 e. The molecule has 3 nitrogen and oxygen atoms in total. The monoisotopic (exact) mass is 213 g/mol. The Morgan fingerprint density at radius 2 is 2.25 bits per heavy atom. The predicted octanol–water partition coefficient (Wildman–Crippen LogP) is -1.88. The molecule has 0 radical (unpaired) electrons. The Balaban J connectivity index is 0.00000121. The summed E-state index contributed by atoms with van der Waals surface area (Å²) in [5, 5.41) is 0.366. The van der Waals surface area contributed by atoms with Crippen LogP contribution in [-0.2, 0) is 16.8 Å². The molecule has 1 rings (SSSR count). The van der Waals surface area contributed by atoms with E-state index >= 15 is 0 Å². The third-order valence-electron chi connectivity index (χ3n) is 1.07. The molecule has 0 N–H and O–H groups in total. The van der Waals surface area contributed by atoms with Crippen molar-refractivity contribution in [2.24, 2.45) is 0 Å². The zero-order valence-electron chi connectivity index (χ0n) is 6.49. The molecule has 0 amide bonds. The molecule has 60 valence electrons. The fourth-order valence-electron chi connectivity index (χ4n) is 0.628. The molecule has 0 fully saturated rings. The minimum absolute atomic E-state index is 0. The van der Waals surface area contributed by atoms with Crippen molar-refractivity contribution in [2.45, 2.75) is 5.75 Å².